The molecular weight excluding hydrogens is 422 g/mol. The van der Waals surface area contributed by atoms with Crippen molar-refractivity contribution < 1.29 is 13.9 Å². The Kier molecular flexibility index (Phi) is 6.60. The van der Waals surface area contributed by atoms with Crippen LogP contribution in [0.25, 0.3) is 10.2 Å². The standard InChI is InChI=1S/C21H25N3O4S2/c1-3-16-13(2)30-19-18(16)20(26)24(11-15-7-5-9-28-15)21(23-19)29-12-17(25)22-10-14-6-4-8-27-14/h4,6,8,15H,3,5,7,9-12H2,1-2H3,(H,22,25). The third kappa shape index (κ3) is 4.48. The molecule has 1 unspecified atom stereocenters. The lowest BCUT2D eigenvalue weighted by molar-refractivity contribution is -0.118. The van der Waals surface area contributed by atoms with Crippen LogP contribution in [0.2, 0.25) is 0 Å². The maximum Gasteiger partial charge on any atom is 0.263 e. The summed E-state index contributed by atoms with van der Waals surface area (Å²) in [7, 11) is 0. The van der Waals surface area contributed by atoms with E-state index in [4.69, 9.17) is 14.1 Å². The topological polar surface area (TPSA) is 86.4 Å². The molecule has 0 aromatic carbocycles. The number of carbonyl (C=O) groups is 1. The molecule has 1 fully saturated rings. The fourth-order valence-corrected chi connectivity index (χ4v) is 5.69. The molecule has 160 valence electrons. The molecule has 4 rings (SSSR count). The predicted molar refractivity (Wildman–Crippen MR) is 118 cm³/mol. The Labute approximate surface area is 182 Å². The number of thiophene rings is 1. The summed E-state index contributed by atoms with van der Waals surface area (Å²) in [6.07, 6.45) is 4.32. The van der Waals surface area contributed by atoms with Crippen LogP contribution in [0.4, 0.5) is 0 Å². The minimum atomic E-state index is -0.133. The molecule has 1 aliphatic rings. The third-order valence-corrected chi connectivity index (χ3v) is 7.23. The van der Waals surface area contributed by atoms with Crippen LogP contribution in [-0.2, 0) is 29.0 Å². The van der Waals surface area contributed by atoms with E-state index in [0.29, 0.717) is 29.4 Å². The molecule has 1 N–H and O–H groups in total. The Morgan fingerprint density at radius 1 is 1.47 bits per heavy atom. The van der Waals surface area contributed by atoms with Crippen molar-refractivity contribution in [1.82, 2.24) is 14.9 Å². The second-order valence-electron chi connectivity index (χ2n) is 7.26. The second-order valence-corrected chi connectivity index (χ2v) is 9.41. The molecule has 0 spiro atoms. The van der Waals surface area contributed by atoms with Gasteiger partial charge in [0, 0.05) is 11.5 Å². The number of aryl methyl sites for hydroxylation is 2. The molecule has 0 radical (unpaired) electrons. The molecule has 0 aliphatic carbocycles. The number of fused-ring (bicyclic) bond motifs is 1. The van der Waals surface area contributed by atoms with Gasteiger partial charge in [-0.05, 0) is 43.9 Å². The van der Waals surface area contributed by atoms with E-state index in [1.54, 1.807) is 28.2 Å². The zero-order valence-electron chi connectivity index (χ0n) is 17.1. The smallest absolute Gasteiger partial charge is 0.263 e. The average molecular weight is 448 g/mol. The quantitative estimate of drug-likeness (QED) is 0.420. The van der Waals surface area contributed by atoms with Crippen LogP contribution in [0.3, 0.4) is 0 Å². The number of thioether (sulfide) groups is 1. The summed E-state index contributed by atoms with van der Waals surface area (Å²) in [6, 6.07) is 3.60. The van der Waals surface area contributed by atoms with Gasteiger partial charge < -0.3 is 14.5 Å². The van der Waals surface area contributed by atoms with Gasteiger partial charge in [0.05, 0.1) is 36.6 Å². The van der Waals surface area contributed by atoms with Crippen molar-refractivity contribution in [1.29, 1.82) is 0 Å². The Morgan fingerprint density at radius 2 is 2.33 bits per heavy atom. The normalized spacial score (nSPS) is 16.4. The van der Waals surface area contributed by atoms with Crippen molar-refractivity contribution in [2.45, 2.75) is 57.5 Å². The predicted octanol–water partition coefficient (Wildman–Crippen LogP) is 3.51. The van der Waals surface area contributed by atoms with Crippen LogP contribution in [0.15, 0.2) is 32.8 Å². The van der Waals surface area contributed by atoms with E-state index < -0.39 is 0 Å². The van der Waals surface area contributed by atoms with Gasteiger partial charge in [0.15, 0.2) is 5.16 Å². The van der Waals surface area contributed by atoms with E-state index in [9.17, 15) is 9.59 Å². The number of hydrogen-bond acceptors (Lipinski definition) is 7. The SMILES string of the molecule is CCc1c(C)sc2nc(SCC(=O)NCc3ccco3)n(CC3CCCO3)c(=O)c12. The van der Waals surface area contributed by atoms with Crippen molar-refractivity contribution in [3.63, 3.8) is 0 Å². The lowest BCUT2D eigenvalue weighted by atomic mass is 10.1. The first-order chi connectivity index (χ1) is 14.6. The summed E-state index contributed by atoms with van der Waals surface area (Å²) in [6.45, 7) is 5.63. The van der Waals surface area contributed by atoms with E-state index in [0.717, 1.165) is 41.1 Å². The monoisotopic (exact) mass is 447 g/mol. The number of aromatic nitrogens is 2. The molecule has 4 heterocycles. The fraction of sp³-hybridized carbons (Fsp3) is 0.476. The minimum absolute atomic E-state index is 0.0129. The van der Waals surface area contributed by atoms with E-state index >= 15 is 0 Å². The molecule has 1 atom stereocenters. The lowest BCUT2D eigenvalue weighted by Gasteiger charge is -2.16. The molecule has 1 amide bonds. The highest BCUT2D eigenvalue weighted by Gasteiger charge is 2.23. The van der Waals surface area contributed by atoms with Gasteiger partial charge in [0.25, 0.3) is 5.56 Å². The van der Waals surface area contributed by atoms with Gasteiger partial charge >= 0.3 is 0 Å². The largest absolute Gasteiger partial charge is 0.467 e. The molecular formula is C21H25N3O4S2. The molecule has 0 saturated carbocycles. The molecule has 1 saturated heterocycles. The zero-order valence-corrected chi connectivity index (χ0v) is 18.7. The number of ether oxygens (including phenoxy) is 1. The van der Waals surface area contributed by atoms with Crippen molar-refractivity contribution >= 4 is 39.2 Å². The summed E-state index contributed by atoms with van der Waals surface area (Å²) in [5.74, 6) is 0.741. The van der Waals surface area contributed by atoms with Gasteiger partial charge in [0.2, 0.25) is 5.91 Å². The van der Waals surface area contributed by atoms with E-state index in [2.05, 4.69) is 12.2 Å². The Bertz CT molecular complexity index is 1080. The van der Waals surface area contributed by atoms with Crippen LogP contribution in [0, 0.1) is 6.92 Å². The molecule has 1 aliphatic heterocycles. The third-order valence-electron chi connectivity index (χ3n) is 5.21. The Morgan fingerprint density at radius 3 is 3.03 bits per heavy atom. The van der Waals surface area contributed by atoms with Crippen LogP contribution in [0.1, 0.15) is 36.0 Å². The van der Waals surface area contributed by atoms with Crippen LogP contribution in [-0.4, -0.2) is 33.9 Å². The Hall–Kier alpha value is -2.10. The Balaban J connectivity index is 1.58. The van der Waals surface area contributed by atoms with E-state index in [-0.39, 0.29) is 23.3 Å². The first-order valence-electron chi connectivity index (χ1n) is 10.1. The van der Waals surface area contributed by atoms with E-state index in [1.165, 1.54) is 11.8 Å². The van der Waals surface area contributed by atoms with Gasteiger partial charge in [-0.3, -0.25) is 14.2 Å². The fourth-order valence-electron chi connectivity index (χ4n) is 3.70. The number of carbonyl (C=O) groups excluding carboxylic acids is 1. The first kappa shape index (κ1) is 21.1. The summed E-state index contributed by atoms with van der Waals surface area (Å²) >= 11 is 2.83. The average Bonchev–Trinajstić information content (AvgIpc) is 3.48. The van der Waals surface area contributed by atoms with Gasteiger partial charge in [0.1, 0.15) is 10.6 Å². The summed E-state index contributed by atoms with van der Waals surface area (Å²) in [5, 5.41) is 4.11. The summed E-state index contributed by atoms with van der Waals surface area (Å²) in [5.41, 5.74) is 1.04. The zero-order chi connectivity index (χ0) is 21.1. The molecule has 30 heavy (non-hydrogen) atoms. The van der Waals surface area contributed by atoms with E-state index in [1.807, 2.05) is 13.0 Å². The second kappa shape index (κ2) is 9.36. The number of furan rings is 1. The van der Waals surface area contributed by atoms with Crippen LogP contribution in [0.5, 0.6) is 0 Å². The van der Waals surface area contributed by atoms with Gasteiger partial charge in [-0.15, -0.1) is 11.3 Å². The molecule has 3 aromatic heterocycles. The summed E-state index contributed by atoms with van der Waals surface area (Å²) in [4.78, 5) is 32.4. The molecule has 9 heteroatoms. The highest BCUT2D eigenvalue weighted by Crippen LogP contribution is 2.30. The van der Waals surface area contributed by atoms with Gasteiger partial charge in [-0.1, -0.05) is 18.7 Å². The van der Waals surface area contributed by atoms with Crippen LogP contribution < -0.4 is 10.9 Å². The molecule has 7 nitrogen and oxygen atoms in total. The number of rotatable bonds is 8. The molecule has 3 aromatic rings. The highest BCUT2D eigenvalue weighted by atomic mass is 32.2. The first-order valence-corrected chi connectivity index (χ1v) is 11.9. The highest BCUT2D eigenvalue weighted by molar-refractivity contribution is 7.99. The van der Waals surface area contributed by atoms with Crippen molar-refractivity contribution in [3.05, 3.63) is 45.0 Å². The minimum Gasteiger partial charge on any atom is -0.467 e. The molecule has 0 bridgehead atoms. The number of amides is 1. The van der Waals surface area contributed by atoms with Crippen molar-refractivity contribution in [3.8, 4) is 0 Å². The van der Waals surface area contributed by atoms with Crippen LogP contribution >= 0.6 is 23.1 Å². The number of hydrogen-bond donors (Lipinski definition) is 1. The number of nitrogens with zero attached hydrogens (tertiary/aromatic N) is 2. The lowest BCUT2D eigenvalue weighted by Crippen LogP contribution is -2.30. The summed E-state index contributed by atoms with van der Waals surface area (Å²) < 4.78 is 12.7. The number of nitrogens with one attached hydrogen (secondary N) is 1. The van der Waals surface area contributed by atoms with Crippen molar-refractivity contribution in [2.75, 3.05) is 12.4 Å². The van der Waals surface area contributed by atoms with Crippen molar-refractivity contribution in [2.24, 2.45) is 0 Å². The van der Waals surface area contributed by atoms with Gasteiger partial charge in [-0.2, -0.15) is 0 Å². The maximum absolute atomic E-state index is 13.4. The maximum atomic E-state index is 13.4. The van der Waals surface area contributed by atoms with Gasteiger partial charge in [-0.25, -0.2) is 4.98 Å².